The highest BCUT2D eigenvalue weighted by Crippen LogP contribution is 2.26. The zero-order valence-corrected chi connectivity index (χ0v) is 8.88. The molecule has 1 atom stereocenters. The third kappa shape index (κ3) is 2.41. The molecule has 6 nitrogen and oxygen atoms in total. The fourth-order valence-electron chi connectivity index (χ4n) is 1.38. The Labute approximate surface area is 96.7 Å². The van der Waals surface area contributed by atoms with E-state index in [0.29, 0.717) is 6.29 Å². The lowest BCUT2D eigenvalue weighted by molar-refractivity contribution is -0.147. The molecule has 1 aromatic rings. The fraction of sp³-hybridized carbons (Fsp3) is 0.182. The number of rotatable bonds is 4. The molecule has 1 aromatic carbocycles. The molecule has 0 radical (unpaired) electrons. The molecule has 17 heavy (non-hydrogen) atoms. The number of hydrogen-bond acceptors (Lipinski definition) is 5. The first-order valence-electron chi connectivity index (χ1n) is 4.53. The Morgan fingerprint density at radius 1 is 1.59 bits per heavy atom. The summed E-state index contributed by atoms with van der Waals surface area (Å²) in [4.78, 5) is 21.5. The Balaban J connectivity index is 3.51. The maximum absolute atomic E-state index is 10.8. The average Bonchev–Trinajstić information content (AvgIpc) is 2.35. The van der Waals surface area contributed by atoms with Crippen molar-refractivity contribution in [1.82, 2.24) is 0 Å². The highest BCUT2D eigenvalue weighted by Gasteiger charge is 2.24. The van der Waals surface area contributed by atoms with Crippen molar-refractivity contribution >= 4 is 12.3 Å². The van der Waals surface area contributed by atoms with Crippen molar-refractivity contribution in [1.29, 1.82) is 5.26 Å². The first-order chi connectivity index (χ1) is 8.04. The predicted octanol–water partition coefficient (Wildman–Crippen LogP) is 0.497. The minimum absolute atomic E-state index is 0.0872. The van der Waals surface area contributed by atoms with Crippen LogP contribution < -0.4 is 4.74 Å². The van der Waals surface area contributed by atoms with Gasteiger partial charge in [-0.3, -0.25) is 4.79 Å². The van der Waals surface area contributed by atoms with Gasteiger partial charge >= 0.3 is 5.97 Å². The van der Waals surface area contributed by atoms with Gasteiger partial charge in [0.05, 0.1) is 18.7 Å². The number of carbonyl (C=O) groups is 2. The zero-order chi connectivity index (χ0) is 13.0. The summed E-state index contributed by atoms with van der Waals surface area (Å²) in [6, 6.07) is 4.24. The summed E-state index contributed by atoms with van der Waals surface area (Å²) in [5.41, 5.74) is -0.423. The first-order valence-corrected chi connectivity index (χ1v) is 4.53. The van der Waals surface area contributed by atoms with Gasteiger partial charge in [0.1, 0.15) is 5.75 Å². The summed E-state index contributed by atoms with van der Waals surface area (Å²) in [6.07, 6.45) is -1.55. The maximum Gasteiger partial charge on any atom is 0.337 e. The third-order valence-electron chi connectivity index (χ3n) is 2.18. The van der Waals surface area contributed by atoms with E-state index in [-0.39, 0.29) is 22.4 Å². The molecule has 0 fully saturated rings. The molecule has 2 N–H and O–H groups in total. The molecule has 88 valence electrons. The van der Waals surface area contributed by atoms with Crippen LogP contribution in [-0.2, 0) is 4.79 Å². The van der Waals surface area contributed by atoms with Crippen LogP contribution in [0, 0.1) is 11.3 Å². The van der Waals surface area contributed by atoms with Gasteiger partial charge in [-0.1, -0.05) is 0 Å². The molecule has 0 heterocycles. The smallest absolute Gasteiger partial charge is 0.337 e. The molecule has 0 aliphatic heterocycles. The van der Waals surface area contributed by atoms with Crippen LogP contribution in [0.25, 0.3) is 0 Å². The van der Waals surface area contributed by atoms with Crippen LogP contribution in [0.5, 0.6) is 5.75 Å². The van der Waals surface area contributed by atoms with Gasteiger partial charge in [-0.2, -0.15) is 5.26 Å². The van der Waals surface area contributed by atoms with Crippen LogP contribution in [0.3, 0.4) is 0 Å². The van der Waals surface area contributed by atoms with E-state index in [1.165, 1.54) is 19.2 Å². The molecule has 6 heteroatoms. The van der Waals surface area contributed by atoms with Crippen molar-refractivity contribution in [2.75, 3.05) is 7.11 Å². The molecule has 0 aliphatic carbocycles. The molecular weight excluding hydrogens is 226 g/mol. The molecule has 0 amide bonds. The molecular formula is C11H9NO5. The van der Waals surface area contributed by atoms with Crippen molar-refractivity contribution in [3.8, 4) is 11.8 Å². The van der Waals surface area contributed by atoms with E-state index < -0.39 is 12.1 Å². The number of carboxylic acid groups (broad SMARTS) is 1. The van der Waals surface area contributed by atoms with Gasteiger partial charge in [-0.05, 0) is 12.1 Å². The molecule has 1 rings (SSSR count). The monoisotopic (exact) mass is 235 g/mol. The minimum atomic E-state index is -1.92. The molecule has 0 saturated carbocycles. The number of carboxylic acids is 1. The van der Waals surface area contributed by atoms with Crippen molar-refractivity contribution in [2.24, 2.45) is 0 Å². The Bertz CT molecular complexity index is 503. The second-order valence-corrected chi connectivity index (χ2v) is 3.15. The van der Waals surface area contributed by atoms with Crippen molar-refractivity contribution in [3.63, 3.8) is 0 Å². The standard InChI is InChI=1S/C11H9NO5/c1-17-8-2-6(4-12)9(7(3-8)5-13)10(14)11(15)16/h2-3,5,10,14H,1H3,(H,15,16). The minimum Gasteiger partial charge on any atom is -0.497 e. The van der Waals surface area contributed by atoms with Crippen molar-refractivity contribution in [2.45, 2.75) is 6.10 Å². The lowest BCUT2D eigenvalue weighted by Crippen LogP contribution is -2.14. The summed E-state index contributed by atoms with van der Waals surface area (Å²) < 4.78 is 4.86. The van der Waals surface area contributed by atoms with Crippen molar-refractivity contribution < 1.29 is 24.5 Å². The van der Waals surface area contributed by atoms with Crippen molar-refractivity contribution in [3.05, 3.63) is 28.8 Å². The number of carbonyl (C=O) groups excluding carboxylic acids is 1. The van der Waals surface area contributed by atoms with Gasteiger partial charge in [0.2, 0.25) is 0 Å². The summed E-state index contributed by atoms with van der Waals surface area (Å²) >= 11 is 0. The number of benzene rings is 1. The van der Waals surface area contributed by atoms with Gasteiger partial charge in [0.15, 0.2) is 12.4 Å². The Kier molecular flexibility index (Phi) is 3.80. The average molecular weight is 235 g/mol. The quantitative estimate of drug-likeness (QED) is 0.735. The third-order valence-corrected chi connectivity index (χ3v) is 2.18. The number of hydrogen-bond donors (Lipinski definition) is 2. The molecule has 0 aromatic heterocycles. The van der Waals surface area contributed by atoms with Crippen LogP contribution in [0.2, 0.25) is 0 Å². The Hall–Kier alpha value is -2.39. The number of methoxy groups -OCH3 is 1. The molecule has 0 saturated heterocycles. The fourth-order valence-corrected chi connectivity index (χ4v) is 1.38. The largest absolute Gasteiger partial charge is 0.497 e. The Morgan fingerprint density at radius 3 is 2.65 bits per heavy atom. The Morgan fingerprint density at radius 2 is 2.24 bits per heavy atom. The lowest BCUT2D eigenvalue weighted by Gasteiger charge is -2.12. The lowest BCUT2D eigenvalue weighted by atomic mass is 9.97. The number of aliphatic carboxylic acids is 1. The SMILES string of the molecule is COc1cc(C#N)c(C(O)C(=O)O)c(C=O)c1. The molecule has 0 bridgehead atoms. The van der Waals surface area contributed by atoms with Crippen LogP contribution in [0.15, 0.2) is 12.1 Å². The normalized spacial score (nSPS) is 11.4. The number of ether oxygens (including phenoxy) is 1. The van der Waals surface area contributed by atoms with E-state index in [9.17, 15) is 14.7 Å². The second kappa shape index (κ2) is 5.09. The van der Waals surface area contributed by atoms with Crippen LogP contribution in [0.1, 0.15) is 27.6 Å². The maximum atomic E-state index is 10.8. The number of aliphatic hydroxyl groups excluding tert-OH is 1. The topological polar surface area (TPSA) is 108 Å². The van der Waals surface area contributed by atoms with E-state index in [4.69, 9.17) is 15.1 Å². The zero-order valence-electron chi connectivity index (χ0n) is 8.88. The van der Waals surface area contributed by atoms with E-state index >= 15 is 0 Å². The summed E-state index contributed by atoms with van der Waals surface area (Å²) in [5.74, 6) is -1.29. The summed E-state index contributed by atoms with van der Waals surface area (Å²) in [7, 11) is 1.35. The first kappa shape index (κ1) is 12.7. The van der Waals surface area contributed by atoms with Crippen LogP contribution in [-0.4, -0.2) is 29.6 Å². The summed E-state index contributed by atoms with van der Waals surface area (Å²) in [6.45, 7) is 0. The van der Waals surface area contributed by atoms with Gasteiger partial charge in [0, 0.05) is 11.1 Å². The molecule has 1 unspecified atom stereocenters. The number of aldehydes is 1. The van der Waals surface area contributed by atoms with E-state index in [1.807, 2.05) is 0 Å². The van der Waals surface area contributed by atoms with Gasteiger partial charge in [-0.15, -0.1) is 0 Å². The summed E-state index contributed by atoms with van der Waals surface area (Å²) in [5, 5.41) is 27.0. The second-order valence-electron chi connectivity index (χ2n) is 3.15. The molecule has 0 spiro atoms. The van der Waals surface area contributed by atoms with Crippen LogP contribution in [0.4, 0.5) is 0 Å². The van der Waals surface area contributed by atoms with E-state index in [2.05, 4.69) is 0 Å². The highest BCUT2D eigenvalue weighted by atomic mass is 16.5. The van der Waals surface area contributed by atoms with E-state index in [0.717, 1.165) is 0 Å². The highest BCUT2D eigenvalue weighted by molar-refractivity contribution is 5.85. The van der Waals surface area contributed by atoms with Crippen LogP contribution >= 0.6 is 0 Å². The number of aliphatic hydroxyl groups is 1. The number of nitrogens with zero attached hydrogens (tertiary/aromatic N) is 1. The van der Waals surface area contributed by atoms with E-state index in [1.54, 1.807) is 6.07 Å². The van der Waals surface area contributed by atoms with Gasteiger partial charge < -0.3 is 14.9 Å². The molecule has 0 aliphatic rings. The van der Waals surface area contributed by atoms with Gasteiger partial charge in [-0.25, -0.2) is 4.79 Å². The predicted molar refractivity (Wildman–Crippen MR) is 55.7 cm³/mol. The number of nitriles is 1. The van der Waals surface area contributed by atoms with Gasteiger partial charge in [0.25, 0.3) is 0 Å².